The Morgan fingerprint density at radius 3 is 2.45 bits per heavy atom. The largest absolute Gasteiger partial charge is 0.496 e. The zero-order valence-electron chi connectivity index (χ0n) is 17.4. The van der Waals surface area contributed by atoms with Crippen molar-refractivity contribution in [3.8, 4) is 16.9 Å². The fraction of sp³-hybridized carbons (Fsp3) is 0.417. The highest BCUT2D eigenvalue weighted by molar-refractivity contribution is 5.78. The molecule has 0 bridgehead atoms. The lowest BCUT2D eigenvalue weighted by atomic mass is 9.94. The molecule has 0 unspecified atom stereocenters. The highest BCUT2D eigenvalue weighted by Gasteiger charge is 2.26. The number of hydrogen-bond donors (Lipinski definition) is 1. The van der Waals surface area contributed by atoms with Crippen molar-refractivity contribution in [1.29, 1.82) is 0 Å². The average molecular weight is 395 g/mol. The molecule has 1 saturated carbocycles. The van der Waals surface area contributed by atoms with Crippen molar-refractivity contribution in [3.63, 3.8) is 0 Å². The summed E-state index contributed by atoms with van der Waals surface area (Å²) in [5, 5.41) is 9.17. The van der Waals surface area contributed by atoms with Crippen LogP contribution in [0.15, 0.2) is 36.4 Å². The van der Waals surface area contributed by atoms with Crippen molar-refractivity contribution < 1.29 is 19.4 Å². The number of methoxy groups -OCH3 is 1. The van der Waals surface area contributed by atoms with Crippen LogP contribution in [-0.4, -0.2) is 35.0 Å². The number of amides is 1. The maximum Gasteiger partial charge on any atom is 0.307 e. The predicted molar refractivity (Wildman–Crippen MR) is 113 cm³/mol. The highest BCUT2D eigenvalue weighted by Crippen LogP contribution is 2.35. The number of rotatable bonds is 7. The number of carboxylic acids is 1. The van der Waals surface area contributed by atoms with Crippen LogP contribution in [-0.2, 0) is 22.6 Å². The summed E-state index contributed by atoms with van der Waals surface area (Å²) in [5.74, 6) is -0.0790. The van der Waals surface area contributed by atoms with Gasteiger partial charge >= 0.3 is 5.97 Å². The van der Waals surface area contributed by atoms with Gasteiger partial charge in [-0.05, 0) is 48.6 Å². The van der Waals surface area contributed by atoms with Gasteiger partial charge in [-0.25, -0.2) is 0 Å². The number of hydrogen-bond acceptors (Lipinski definition) is 3. The monoisotopic (exact) mass is 395 g/mol. The van der Waals surface area contributed by atoms with E-state index in [9.17, 15) is 14.7 Å². The molecule has 0 aliphatic heterocycles. The second kappa shape index (κ2) is 9.12. The van der Waals surface area contributed by atoms with Gasteiger partial charge in [-0.3, -0.25) is 9.59 Å². The Morgan fingerprint density at radius 2 is 1.83 bits per heavy atom. The Morgan fingerprint density at radius 1 is 1.10 bits per heavy atom. The minimum absolute atomic E-state index is 0.0418. The van der Waals surface area contributed by atoms with Crippen LogP contribution >= 0.6 is 0 Å². The van der Waals surface area contributed by atoms with Gasteiger partial charge in [0.15, 0.2) is 0 Å². The van der Waals surface area contributed by atoms with Crippen molar-refractivity contribution in [3.05, 3.63) is 53.1 Å². The van der Waals surface area contributed by atoms with E-state index in [0.717, 1.165) is 40.7 Å². The summed E-state index contributed by atoms with van der Waals surface area (Å²) in [4.78, 5) is 25.6. The van der Waals surface area contributed by atoms with Crippen molar-refractivity contribution in [2.75, 3.05) is 7.11 Å². The van der Waals surface area contributed by atoms with Gasteiger partial charge < -0.3 is 14.7 Å². The number of nitrogens with zero attached hydrogens (tertiary/aromatic N) is 1. The minimum Gasteiger partial charge on any atom is -0.496 e. The molecule has 154 valence electrons. The number of aliphatic carboxylic acids is 1. The average Bonchev–Trinajstić information content (AvgIpc) is 3.20. The SMILES string of the molecule is COc1ccc(CC(=O)O)cc1-c1ccc(C)cc1CN(C(C)=O)C1CCCC1. The summed E-state index contributed by atoms with van der Waals surface area (Å²) >= 11 is 0. The van der Waals surface area contributed by atoms with Crippen molar-refractivity contribution >= 4 is 11.9 Å². The van der Waals surface area contributed by atoms with E-state index < -0.39 is 5.97 Å². The molecule has 3 rings (SSSR count). The standard InChI is InChI=1S/C24H29NO4/c1-16-8-10-21(22-13-18(14-24(27)28)9-11-23(22)29-3)19(12-16)15-25(17(2)26)20-6-4-5-7-20/h8-13,20H,4-7,14-15H2,1-3H3,(H,27,28). The molecule has 29 heavy (non-hydrogen) atoms. The van der Waals surface area contributed by atoms with E-state index in [1.54, 1.807) is 20.1 Å². The van der Waals surface area contributed by atoms with Crippen molar-refractivity contribution in [2.24, 2.45) is 0 Å². The topological polar surface area (TPSA) is 66.8 Å². The van der Waals surface area contributed by atoms with E-state index in [2.05, 4.69) is 6.07 Å². The molecule has 1 aliphatic rings. The summed E-state index contributed by atoms with van der Waals surface area (Å²) in [6, 6.07) is 12.0. The number of benzene rings is 2. The molecule has 0 atom stereocenters. The first-order valence-corrected chi connectivity index (χ1v) is 10.1. The van der Waals surface area contributed by atoms with Gasteiger partial charge in [0.2, 0.25) is 5.91 Å². The van der Waals surface area contributed by atoms with E-state index >= 15 is 0 Å². The Bertz CT molecular complexity index is 900. The normalized spacial score (nSPS) is 14.0. The molecule has 1 fully saturated rings. The van der Waals surface area contributed by atoms with Crippen LogP contribution in [0.25, 0.3) is 11.1 Å². The first-order valence-electron chi connectivity index (χ1n) is 10.1. The lowest BCUT2D eigenvalue weighted by molar-refractivity contribution is -0.136. The van der Waals surface area contributed by atoms with Gasteiger partial charge in [-0.1, -0.05) is 42.7 Å². The number of carboxylic acid groups (broad SMARTS) is 1. The van der Waals surface area contributed by atoms with Crippen molar-refractivity contribution in [2.45, 2.75) is 58.5 Å². The molecule has 1 aliphatic carbocycles. The van der Waals surface area contributed by atoms with Gasteiger partial charge in [0.1, 0.15) is 5.75 Å². The second-order valence-corrected chi connectivity index (χ2v) is 7.85. The van der Waals surface area contributed by atoms with Crippen LogP contribution in [0.4, 0.5) is 0 Å². The third-order valence-electron chi connectivity index (χ3n) is 5.68. The smallest absolute Gasteiger partial charge is 0.307 e. The molecule has 2 aromatic carbocycles. The molecule has 0 aromatic heterocycles. The Kier molecular flexibility index (Phi) is 6.57. The zero-order chi connectivity index (χ0) is 21.0. The Balaban J connectivity index is 2.04. The number of carbonyl (C=O) groups excluding carboxylic acids is 1. The molecular formula is C24H29NO4. The van der Waals surface area contributed by atoms with Crippen LogP contribution in [0.5, 0.6) is 5.75 Å². The maximum atomic E-state index is 12.4. The van der Waals surface area contributed by atoms with Crippen LogP contribution in [0.1, 0.15) is 49.3 Å². The van der Waals surface area contributed by atoms with Gasteiger partial charge in [0.05, 0.1) is 13.5 Å². The predicted octanol–water partition coefficient (Wildman–Crippen LogP) is 4.59. The van der Waals surface area contributed by atoms with Crippen LogP contribution in [0.2, 0.25) is 0 Å². The minimum atomic E-state index is -0.866. The number of carbonyl (C=O) groups is 2. The molecule has 1 N–H and O–H groups in total. The second-order valence-electron chi connectivity index (χ2n) is 7.85. The summed E-state index contributed by atoms with van der Waals surface area (Å²) < 4.78 is 5.57. The van der Waals surface area contributed by atoms with Gasteiger partial charge in [0, 0.05) is 25.1 Å². The highest BCUT2D eigenvalue weighted by atomic mass is 16.5. The first-order chi connectivity index (χ1) is 13.9. The summed E-state index contributed by atoms with van der Waals surface area (Å²) in [5.41, 5.74) is 4.73. The van der Waals surface area contributed by atoms with E-state index in [4.69, 9.17) is 4.74 Å². The number of aryl methyl sites for hydroxylation is 1. The van der Waals surface area contributed by atoms with E-state index in [-0.39, 0.29) is 12.3 Å². The summed E-state index contributed by atoms with van der Waals surface area (Å²) in [6.07, 6.45) is 4.40. The summed E-state index contributed by atoms with van der Waals surface area (Å²) in [6.45, 7) is 4.23. The van der Waals surface area contributed by atoms with Gasteiger partial charge in [0.25, 0.3) is 0 Å². The third-order valence-corrected chi connectivity index (χ3v) is 5.68. The quantitative estimate of drug-likeness (QED) is 0.745. The van der Waals surface area contributed by atoms with Crippen LogP contribution in [0, 0.1) is 6.92 Å². The molecule has 0 radical (unpaired) electrons. The Labute approximate surface area is 172 Å². The van der Waals surface area contributed by atoms with Crippen molar-refractivity contribution in [1.82, 2.24) is 4.90 Å². The molecule has 2 aromatic rings. The van der Waals surface area contributed by atoms with E-state index in [1.807, 2.05) is 36.1 Å². The summed E-state index contributed by atoms with van der Waals surface area (Å²) in [7, 11) is 1.62. The fourth-order valence-corrected chi connectivity index (χ4v) is 4.26. The van der Waals surface area contributed by atoms with Crippen LogP contribution < -0.4 is 4.74 Å². The molecule has 0 saturated heterocycles. The Hall–Kier alpha value is -2.82. The first kappa shape index (κ1) is 20.9. The number of ether oxygens (including phenoxy) is 1. The molecule has 5 nitrogen and oxygen atoms in total. The zero-order valence-corrected chi connectivity index (χ0v) is 17.4. The molecule has 0 heterocycles. The molecule has 1 amide bonds. The molecule has 0 spiro atoms. The molecule has 5 heteroatoms. The van der Waals surface area contributed by atoms with Gasteiger partial charge in [-0.15, -0.1) is 0 Å². The van der Waals surface area contributed by atoms with Crippen LogP contribution in [0.3, 0.4) is 0 Å². The maximum absolute atomic E-state index is 12.4. The van der Waals surface area contributed by atoms with E-state index in [1.165, 1.54) is 12.8 Å². The molecular weight excluding hydrogens is 366 g/mol. The third kappa shape index (κ3) is 4.97. The lowest BCUT2D eigenvalue weighted by Crippen LogP contribution is -2.36. The van der Waals surface area contributed by atoms with Gasteiger partial charge in [-0.2, -0.15) is 0 Å². The fourth-order valence-electron chi connectivity index (χ4n) is 4.26. The lowest BCUT2D eigenvalue weighted by Gasteiger charge is -2.29. The van der Waals surface area contributed by atoms with E-state index in [0.29, 0.717) is 18.3 Å².